The molecule has 0 aromatic heterocycles. The third-order valence-electron chi connectivity index (χ3n) is 3.51. The van der Waals surface area contributed by atoms with E-state index >= 15 is 0 Å². The Morgan fingerprint density at radius 1 is 1.24 bits per heavy atom. The normalized spacial score (nSPS) is 12.8. The van der Waals surface area contributed by atoms with E-state index in [-0.39, 0.29) is 23.8 Å². The molecular weight excluding hydrogens is 369 g/mol. The van der Waals surface area contributed by atoms with Gasteiger partial charge in [-0.15, -0.1) is 0 Å². The molecule has 0 aliphatic rings. The Morgan fingerprint density at radius 3 is 2.56 bits per heavy atom. The van der Waals surface area contributed by atoms with Crippen molar-refractivity contribution < 1.29 is 22.3 Å². The van der Waals surface area contributed by atoms with E-state index in [1.54, 1.807) is 31.2 Å². The first kappa shape index (κ1) is 19.7. The van der Waals surface area contributed by atoms with Gasteiger partial charge in [0.2, 0.25) is 10.0 Å². The van der Waals surface area contributed by atoms with Gasteiger partial charge in [-0.2, -0.15) is 0 Å². The van der Waals surface area contributed by atoms with Gasteiger partial charge in [-0.1, -0.05) is 29.8 Å². The molecule has 0 saturated heterocycles. The summed E-state index contributed by atoms with van der Waals surface area (Å²) in [5, 5.41) is 0.473. The monoisotopic (exact) mass is 387 g/mol. The van der Waals surface area contributed by atoms with Crippen molar-refractivity contribution >= 4 is 21.6 Å². The first-order valence-corrected chi connectivity index (χ1v) is 9.44. The van der Waals surface area contributed by atoms with Crippen LogP contribution in [0.3, 0.4) is 0 Å². The highest BCUT2D eigenvalue weighted by Crippen LogP contribution is 2.25. The van der Waals surface area contributed by atoms with E-state index in [9.17, 15) is 12.8 Å². The summed E-state index contributed by atoms with van der Waals surface area (Å²) in [6, 6.07) is 10.5. The summed E-state index contributed by atoms with van der Waals surface area (Å²) >= 11 is 6.11. The molecule has 5 nitrogen and oxygen atoms in total. The predicted molar refractivity (Wildman–Crippen MR) is 94.0 cm³/mol. The van der Waals surface area contributed by atoms with Gasteiger partial charge < -0.3 is 9.47 Å². The third-order valence-corrected chi connectivity index (χ3v) is 5.27. The predicted octanol–water partition coefficient (Wildman–Crippen LogP) is 3.54. The number of benzene rings is 2. The van der Waals surface area contributed by atoms with Crippen LogP contribution in [0, 0.1) is 5.82 Å². The Balaban J connectivity index is 2.15. The fourth-order valence-corrected chi connectivity index (χ4v) is 3.55. The molecule has 0 heterocycles. The molecule has 8 heteroatoms. The summed E-state index contributed by atoms with van der Waals surface area (Å²) in [5.74, 6) is -0.730. The smallest absolute Gasteiger partial charge is 0.240 e. The Bertz CT molecular complexity index is 829. The number of ether oxygens (including phenoxy) is 2. The van der Waals surface area contributed by atoms with Gasteiger partial charge in [0.05, 0.1) is 17.6 Å². The van der Waals surface area contributed by atoms with Crippen LogP contribution in [0.15, 0.2) is 47.4 Å². The first-order chi connectivity index (χ1) is 11.9. The Kier molecular flexibility index (Phi) is 6.78. The van der Waals surface area contributed by atoms with Crippen molar-refractivity contribution in [3.05, 3.63) is 58.9 Å². The largest absolute Gasteiger partial charge is 0.491 e. The Hall–Kier alpha value is -1.67. The topological polar surface area (TPSA) is 64.6 Å². The van der Waals surface area contributed by atoms with Crippen molar-refractivity contribution in [2.24, 2.45) is 0 Å². The number of hydrogen-bond acceptors (Lipinski definition) is 4. The van der Waals surface area contributed by atoms with E-state index in [4.69, 9.17) is 21.1 Å². The highest BCUT2D eigenvalue weighted by molar-refractivity contribution is 7.89. The van der Waals surface area contributed by atoms with Gasteiger partial charge in [-0.25, -0.2) is 17.5 Å². The second-order valence-electron chi connectivity index (χ2n) is 5.12. The Morgan fingerprint density at radius 2 is 1.96 bits per heavy atom. The zero-order chi connectivity index (χ0) is 18.4. The maximum absolute atomic E-state index is 13.9. The maximum atomic E-state index is 13.9. The average Bonchev–Trinajstić information content (AvgIpc) is 2.58. The van der Waals surface area contributed by atoms with Gasteiger partial charge in [0.25, 0.3) is 0 Å². The molecule has 0 fully saturated rings. The summed E-state index contributed by atoms with van der Waals surface area (Å²) in [6.45, 7) is 1.96. The van der Waals surface area contributed by atoms with Crippen molar-refractivity contribution in [1.29, 1.82) is 0 Å². The van der Waals surface area contributed by atoms with E-state index in [2.05, 4.69) is 4.72 Å². The van der Waals surface area contributed by atoms with Crippen LogP contribution in [0.1, 0.15) is 18.6 Å². The quantitative estimate of drug-likeness (QED) is 0.752. The lowest BCUT2D eigenvalue weighted by atomic mass is 10.1. The SMILES string of the molecule is CCOc1ccc(S(=O)(=O)NCC(OC)c2ccccc2Cl)cc1F. The molecule has 1 N–H and O–H groups in total. The van der Waals surface area contributed by atoms with Crippen LogP contribution >= 0.6 is 11.6 Å². The minimum absolute atomic E-state index is 0.00675. The lowest BCUT2D eigenvalue weighted by Crippen LogP contribution is -2.29. The number of halogens is 2. The maximum Gasteiger partial charge on any atom is 0.240 e. The summed E-state index contributed by atoms with van der Waals surface area (Å²) < 4.78 is 51.5. The highest BCUT2D eigenvalue weighted by atomic mass is 35.5. The van der Waals surface area contributed by atoms with Crippen LogP contribution in [-0.4, -0.2) is 28.7 Å². The number of nitrogens with one attached hydrogen (secondary N) is 1. The van der Waals surface area contributed by atoms with E-state index in [1.807, 2.05) is 0 Å². The molecule has 0 radical (unpaired) electrons. The summed E-state index contributed by atoms with van der Waals surface area (Å²) in [4.78, 5) is -0.192. The molecule has 2 aromatic carbocycles. The zero-order valence-electron chi connectivity index (χ0n) is 13.8. The van der Waals surface area contributed by atoms with Crippen LogP contribution in [0.4, 0.5) is 4.39 Å². The van der Waals surface area contributed by atoms with E-state index in [1.165, 1.54) is 19.2 Å². The summed E-state index contributed by atoms with van der Waals surface area (Å²) in [5.41, 5.74) is 0.659. The molecule has 1 unspecified atom stereocenters. The fourth-order valence-electron chi connectivity index (χ4n) is 2.25. The van der Waals surface area contributed by atoms with E-state index < -0.39 is 21.9 Å². The van der Waals surface area contributed by atoms with E-state index in [0.29, 0.717) is 10.6 Å². The summed E-state index contributed by atoms with van der Waals surface area (Å²) in [7, 11) is -2.45. The van der Waals surface area contributed by atoms with Crippen LogP contribution in [0.2, 0.25) is 5.02 Å². The van der Waals surface area contributed by atoms with Gasteiger partial charge in [0.1, 0.15) is 0 Å². The molecule has 0 amide bonds. The van der Waals surface area contributed by atoms with Crippen molar-refractivity contribution in [1.82, 2.24) is 4.72 Å². The zero-order valence-corrected chi connectivity index (χ0v) is 15.4. The molecule has 2 rings (SSSR count). The standard InChI is InChI=1S/C17H19ClFNO4S/c1-3-24-16-9-8-12(10-15(16)19)25(21,22)20-11-17(23-2)13-6-4-5-7-14(13)18/h4-10,17,20H,3,11H2,1-2H3. The highest BCUT2D eigenvalue weighted by Gasteiger charge is 2.20. The van der Waals surface area contributed by atoms with E-state index in [0.717, 1.165) is 6.07 Å². The van der Waals surface area contributed by atoms with Crippen LogP contribution < -0.4 is 9.46 Å². The minimum atomic E-state index is -3.91. The van der Waals surface area contributed by atoms with Gasteiger partial charge in [-0.3, -0.25) is 0 Å². The lowest BCUT2D eigenvalue weighted by molar-refractivity contribution is 0.107. The van der Waals surface area contributed by atoms with Crippen molar-refractivity contribution in [3.63, 3.8) is 0 Å². The van der Waals surface area contributed by atoms with Gasteiger partial charge in [0, 0.05) is 24.2 Å². The average molecular weight is 388 g/mol. The molecule has 25 heavy (non-hydrogen) atoms. The number of methoxy groups -OCH3 is 1. The molecule has 0 aliphatic heterocycles. The second-order valence-corrected chi connectivity index (χ2v) is 7.30. The Labute approximate surface area is 151 Å². The summed E-state index contributed by atoms with van der Waals surface area (Å²) in [6.07, 6.45) is -0.573. The lowest BCUT2D eigenvalue weighted by Gasteiger charge is -2.18. The van der Waals surface area contributed by atoms with Crippen molar-refractivity contribution in [3.8, 4) is 5.75 Å². The van der Waals surface area contributed by atoms with Crippen LogP contribution in [0.25, 0.3) is 0 Å². The molecule has 0 saturated carbocycles. The van der Waals surface area contributed by atoms with Crippen molar-refractivity contribution in [2.45, 2.75) is 17.9 Å². The molecular formula is C17H19ClFNO4S. The van der Waals surface area contributed by atoms with Crippen LogP contribution in [-0.2, 0) is 14.8 Å². The number of rotatable bonds is 8. The van der Waals surface area contributed by atoms with Crippen molar-refractivity contribution in [2.75, 3.05) is 20.3 Å². The molecule has 0 bridgehead atoms. The third kappa shape index (κ3) is 4.92. The first-order valence-electron chi connectivity index (χ1n) is 7.58. The molecule has 0 aliphatic carbocycles. The molecule has 2 aromatic rings. The van der Waals surface area contributed by atoms with Crippen LogP contribution in [0.5, 0.6) is 5.75 Å². The van der Waals surface area contributed by atoms with Gasteiger partial charge >= 0.3 is 0 Å². The molecule has 0 spiro atoms. The second kappa shape index (κ2) is 8.62. The van der Waals surface area contributed by atoms with Gasteiger partial charge in [-0.05, 0) is 31.2 Å². The molecule has 1 atom stereocenters. The minimum Gasteiger partial charge on any atom is -0.491 e. The fraction of sp³-hybridized carbons (Fsp3) is 0.294. The number of hydrogen-bond donors (Lipinski definition) is 1. The van der Waals surface area contributed by atoms with Gasteiger partial charge in [0.15, 0.2) is 11.6 Å². The number of sulfonamides is 1. The molecule has 136 valence electrons.